The first kappa shape index (κ1) is 14.0. The zero-order chi connectivity index (χ0) is 15.6. The molecule has 2 N–H and O–H groups in total. The van der Waals surface area contributed by atoms with Crippen LogP contribution in [0.5, 0.6) is 0 Å². The van der Waals surface area contributed by atoms with Crippen molar-refractivity contribution in [2.75, 3.05) is 0 Å². The third kappa shape index (κ3) is 3.11. The molecule has 2 heterocycles. The second kappa shape index (κ2) is 5.88. The van der Waals surface area contributed by atoms with E-state index >= 15 is 0 Å². The Morgan fingerprint density at radius 2 is 2.30 bits per heavy atom. The number of hydrogen-bond acceptors (Lipinski definition) is 6. The number of benzene rings is 1. The van der Waals surface area contributed by atoms with Gasteiger partial charge in [0.05, 0.1) is 11.2 Å². The van der Waals surface area contributed by atoms with Crippen molar-refractivity contribution in [1.82, 2.24) is 30.9 Å². The molecule has 1 amide bonds. The summed E-state index contributed by atoms with van der Waals surface area (Å²) in [5.41, 5.74) is 1.84. The van der Waals surface area contributed by atoms with E-state index in [4.69, 9.17) is 0 Å². The molecule has 0 saturated heterocycles. The largest absolute Gasteiger partial charge is 0.347 e. The lowest BCUT2D eigenvalue weighted by atomic mass is 10.1. The second-order valence-corrected chi connectivity index (χ2v) is 6.52. The number of carbonyl (C=O) groups is 1. The molecule has 0 bridgehead atoms. The van der Waals surface area contributed by atoms with Gasteiger partial charge in [-0.1, -0.05) is 18.2 Å². The summed E-state index contributed by atoms with van der Waals surface area (Å²) >= 11 is 1.49. The van der Waals surface area contributed by atoms with Crippen LogP contribution in [0.15, 0.2) is 30.5 Å². The highest BCUT2D eigenvalue weighted by molar-refractivity contribution is 7.13. The number of tetrazole rings is 1. The Balaban J connectivity index is 1.42. The van der Waals surface area contributed by atoms with Gasteiger partial charge in [-0.25, -0.2) is 4.98 Å². The molecule has 0 atom stereocenters. The molecule has 0 aliphatic heterocycles. The zero-order valence-corrected chi connectivity index (χ0v) is 13.0. The van der Waals surface area contributed by atoms with Crippen molar-refractivity contribution in [3.8, 4) is 11.4 Å². The van der Waals surface area contributed by atoms with Crippen LogP contribution in [0.1, 0.15) is 39.0 Å². The molecule has 1 saturated carbocycles. The van der Waals surface area contributed by atoms with Crippen LogP contribution >= 0.6 is 11.3 Å². The van der Waals surface area contributed by atoms with Crippen LogP contribution in [0.25, 0.3) is 11.4 Å². The molecule has 116 valence electrons. The van der Waals surface area contributed by atoms with E-state index < -0.39 is 0 Å². The van der Waals surface area contributed by atoms with Gasteiger partial charge in [-0.05, 0) is 29.7 Å². The lowest BCUT2D eigenvalue weighted by Crippen LogP contribution is -2.21. The Hall–Kier alpha value is -2.61. The number of nitrogens with zero attached hydrogens (tertiary/aromatic N) is 4. The maximum atomic E-state index is 12.2. The number of aromatic nitrogens is 5. The smallest absolute Gasteiger partial charge is 0.263 e. The summed E-state index contributed by atoms with van der Waals surface area (Å²) < 4.78 is 0. The van der Waals surface area contributed by atoms with Crippen molar-refractivity contribution in [1.29, 1.82) is 0 Å². The van der Waals surface area contributed by atoms with Crippen molar-refractivity contribution < 1.29 is 4.79 Å². The summed E-state index contributed by atoms with van der Waals surface area (Å²) in [4.78, 5) is 17.2. The van der Waals surface area contributed by atoms with Gasteiger partial charge in [-0.3, -0.25) is 4.79 Å². The van der Waals surface area contributed by atoms with Crippen molar-refractivity contribution in [2.45, 2.75) is 25.3 Å². The van der Waals surface area contributed by atoms with Crippen LogP contribution in [0.3, 0.4) is 0 Å². The highest BCUT2D eigenvalue weighted by atomic mass is 32.1. The molecule has 0 unspecified atom stereocenters. The van der Waals surface area contributed by atoms with E-state index in [0.29, 0.717) is 23.2 Å². The minimum atomic E-state index is -0.0839. The zero-order valence-electron chi connectivity index (χ0n) is 12.2. The van der Waals surface area contributed by atoms with E-state index in [-0.39, 0.29) is 5.91 Å². The molecule has 3 aromatic rings. The van der Waals surface area contributed by atoms with Crippen LogP contribution in [0.2, 0.25) is 0 Å². The summed E-state index contributed by atoms with van der Waals surface area (Å²) in [6.07, 6.45) is 4.05. The number of H-pyrrole nitrogens is 1. The number of amides is 1. The normalized spacial score (nSPS) is 13.9. The number of thiazole rings is 1. The first-order valence-corrected chi connectivity index (χ1v) is 8.18. The predicted octanol–water partition coefficient (Wildman–Crippen LogP) is 2.13. The fourth-order valence-corrected chi connectivity index (χ4v) is 3.29. The number of rotatable bonds is 5. The standard InChI is InChI=1S/C15H14N6OS/c22-14(12-8-17-15(23-12)10-4-5-10)16-7-9-2-1-3-11(6-9)13-18-20-21-19-13/h1-3,6,8,10H,4-5,7H2,(H,16,22)(H,18,19,20,21). The lowest BCUT2D eigenvalue weighted by Gasteiger charge is -2.04. The van der Waals surface area contributed by atoms with Crippen molar-refractivity contribution in [3.05, 3.63) is 45.9 Å². The Bertz CT molecular complexity index is 824. The predicted molar refractivity (Wildman–Crippen MR) is 84.9 cm³/mol. The SMILES string of the molecule is O=C(NCc1cccc(-c2nn[nH]n2)c1)c1cnc(C2CC2)s1. The van der Waals surface area contributed by atoms with Crippen LogP contribution in [0, 0.1) is 0 Å². The Morgan fingerprint density at radius 3 is 3.09 bits per heavy atom. The molecule has 0 radical (unpaired) electrons. The lowest BCUT2D eigenvalue weighted by molar-refractivity contribution is 0.0955. The van der Waals surface area contributed by atoms with E-state index in [1.807, 2.05) is 24.3 Å². The molecule has 1 aliphatic carbocycles. The van der Waals surface area contributed by atoms with E-state index in [2.05, 4.69) is 30.9 Å². The fourth-order valence-electron chi connectivity index (χ4n) is 2.29. The summed E-state index contributed by atoms with van der Waals surface area (Å²) in [6, 6.07) is 7.70. The Labute approximate surface area is 136 Å². The molecule has 0 spiro atoms. The van der Waals surface area contributed by atoms with Gasteiger partial charge >= 0.3 is 0 Å². The molecule has 23 heavy (non-hydrogen) atoms. The second-order valence-electron chi connectivity index (χ2n) is 5.46. The molecular formula is C15H14N6OS. The van der Waals surface area contributed by atoms with Gasteiger partial charge in [-0.2, -0.15) is 5.21 Å². The van der Waals surface area contributed by atoms with Crippen LogP contribution < -0.4 is 5.32 Å². The number of aromatic amines is 1. The molecule has 1 fully saturated rings. The molecule has 4 rings (SSSR count). The monoisotopic (exact) mass is 326 g/mol. The van der Waals surface area contributed by atoms with Crippen LogP contribution in [-0.2, 0) is 6.54 Å². The van der Waals surface area contributed by atoms with Gasteiger partial charge in [0.1, 0.15) is 4.88 Å². The minimum absolute atomic E-state index is 0.0839. The van der Waals surface area contributed by atoms with Gasteiger partial charge in [0.15, 0.2) is 0 Å². The van der Waals surface area contributed by atoms with Crippen molar-refractivity contribution in [2.24, 2.45) is 0 Å². The molecule has 2 aromatic heterocycles. The number of nitrogens with one attached hydrogen (secondary N) is 2. The highest BCUT2D eigenvalue weighted by Crippen LogP contribution is 2.41. The van der Waals surface area contributed by atoms with E-state index in [0.717, 1.165) is 16.1 Å². The van der Waals surface area contributed by atoms with E-state index in [1.165, 1.54) is 24.2 Å². The average molecular weight is 326 g/mol. The van der Waals surface area contributed by atoms with Crippen molar-refractivity contribution >= 4 is 17.2 Å². The molecule has 8 heteroatoms. The van der Waals surface area contributed by atoms with E-state index in [9.17, 15) is 4.79 Å². The summed E-state index contributed by atoms with van der Waals surface area (Å²) in [5.74, 6) is 1.03. The number of carbonyl (C=O) groups excluding carboxylic acids is 1. The average Bonchev–Trinajstić information content (AvgIpc) is 3.09. The van der Waals surface area contributed by atoms with Gasteiger partial charge in [0.25, 0.3) is 5.91 Å². The van der Waals surface area contributed by atoms with Crippen LogP contribution in [0.4, 0.5) is 0 Å². The third-order valence-electron chi connectivity index (χ3n) is 3.66. The molecule has 7 nitrogen and oxygen atoms in total. The highest BCUT2D eigenvalue weighted by Gasteiger charge is 2.27. The Kier molecular flexibility index (Phi) is 3.58. The summed E-state index contributed by atoms with van der Waals surface area (Å²) in [6.45, 7) is 0.446. The van der Waals surface area contributed by atoms with Gasteiger partial charge in [-0.15, -0.1) is 21.5 Å². The molecule has 1 aromatic carbocycles. The maximum absolute atomic E-state index is 12.2. The maximum Gasteiger partial charge on any atom is 0.263 e. The van der Waals surface area contributed by atoms with Gasteiger partial charge < -0.3 is 5.32 Å². The summed E-state index contributed by atoms with van der Waals surface area (Å²) in [5, 5.41) is 17.9. The van der Waals surface area contributed by atoms with Crippen molar-refractivity contribution in [3.63, 3.8) is 0 Å². The molecular weight excluding hydrogens is 312 g/mol. The van der Waals surface area contributed by atoms with E-state index in [1.54, 1.807) is 6.20 Å². The van der Waals surface area contributed by atoms with Gasteiger partial charge in [0.2, 0.25) is 5.82 Å². The summed E-state index contributed by atoms with van der Waals surface area (Å²) in [7, 11) is 0. The van der Waals surface area contributed by atoms with Crippen LogP contribution in [-0.4, -0.2) is 31.5 Å². The first-order chi connectivity index (χ1) is 11.3. The molecule has 1 aliphatic rings. The van der Waals surface area contributed by atoms with Gasteiger partial charge in [0, 0.05) is 18.0 Å². The topological polar surface area (TPSA) is 96.5 Å². The first-order valence-electron chi connectivity index (χ1n) is 7.36. The minimum Gasteiger partial charge on any atom is -0.347 e. The number of hydrogen-bond donors (Lipinski definition) is 2. The quantitative estimate of drug-likeness (QED) is 0.749. The third-order valence-corrected chi connectivity index (χ3v) is 4.82. The Morgan fingerprint density at radius 1 is 1.39 bits per heavy atom. The fraction of sp³-hybridized carbons (Fsp3) is 0.267.